The Bertz CT molecular complexity index is 4430. The molecule has 0 amide bonds. The summed E-state index contributed by atoms with van der Waals surface area (Å²) in [5.74, 6) is 0. The first kappa shape index (κ1) is 57.7. The topological polar surface area (TPSA) is 13.1 Å². The summed E-state index contributed by atoms with van der Waals surface area (Å²) >= 11 is 0. The zero-order valence-electron chi connectivity index (χ0n) is 41.7. The molecule has 1 nitrogen and oxygen atoms in total. The Labute approximate surface area is 498 Å². The van der Waals surface area contributed by atoms with E-state index < -0.39 is 0 Å². The molecule has 10 rings (SSSR count). The SMILES string of the molecule is [B]c1c([B])c([B])c(-c2c([B])c([B])c(-c3c4c([B])c([B])c([B])c([B])c4c(-c4c([B])c([B])c(-c5c([B])c([B])c6oc7c([B])c8c([B])c([B])c([B])c([B])c8c([B])c7c6c5[B])c([B])c4[B])c4c([B])c([B])c([B])c([B])c34)c([B])c2[B])c([B])c1[B]. The van der Waals surface area contributed by atoms with Crippen molar-refractivity contribution in [2.75, 3.05) is 0 Å². The van der Waals surface area contributed by atoms with Crippen LogP contribution in [-0.4, -0.2) is 235 Å². The van der Waals surface area contributed by atoms with Crippen molar-refractivity contribution in [2.45, 2.75) is 0 Å². The van der Waals surface area contributed by atoms with Gasteiger partial charge >= 0.3 is 0 Å². The van der Waals surface area contributed by atoms with Crippen LogP contribution in [-0.2, 0) is 0 Å². The maximum Gasteiger partial charge on any atom is 0.128 e. The lowest BCUT2D eigenvalue weighted by atomic mass is 9.54. The maximum absolute atomic E-state index is 7.21. The minimum atomic E-state index is -0.298. The molecule has 0 bridgehead atoms. The Kier molecular flexibility index (Phi) is 14.3. The van der Waals surface area contributed by atoms with E-state index in [4.69, 9.17) is 240 Å². The molecule has 0 saturated heterocycles. The molecule has 9 aromatic carbocycles. The summed E-state index contributed by atoms with van der Waals surface area (Å²) in [6.45, 7) is 0. The predicted octanol–water partition coefficient (Wildman–Crippen LogP) is -22.5. The molecule has 0 saturated carbocycles. The fraction of sp³-hybridized carbons (Fsp3) is 0. The van der Waals surface area contributed by atoms with Gasteiger partial charge in [0.05, 0.1) is 0 Å². The van der Waals surface area contributed by atoms with E-state index in [9.17, 15) is 0 Å². The molecule has 0 fully saturated rings. The van der Waals surface area contributed by atoms with Gasteiger partial charge in [0, 0.05) is 10.8 Å². The van der Waals surface area contributed by atoms with E-state index in [0.29, 0.717) is 0 Å². The monoisotopic (exact) mass is 922 g/mol. The summed E-state index contributed by atoms with van der Waals surface area (Å²) in [4.78, 5) is 0. The minimum absolute atomic E-state index is 0.00677. The maximum atomic E-state index is 7.21. The van der Waals surface area contributed by atoms with Crippen LogP contribution in [0.1, 0.15) is 0 Å². The summed E-state index contributed by atoms with van der Waals surface area (Å²) in [5.41, 5.74) is -5.96. The van der Waals surface area contributed by atoms with E-state index in [1.165, 1.54) is 0 Å². The van der Waals surface area contributed by atoms with E-state index in [0.717, 1.165) is 0 Å². The largest absolute Gasteiger partial charge is 0.457 e. The van der Waals surface area contributed by atoms with Gasteiger partial charge < -0.3 is 4.42 Å². The average molecular weight is 917 g/mol. The van der Waals surface area contributed by atoms with Gasteiger partial charge in [0.2, 0.25) is 0 Å². The van der Waals surface area contributed by atoms with Gasteiger partial charge in [-0.2, -0.15) is 0 Å². The van der Waals surface area contributed by atoms with Crippen molar-refractivity contribution < 1.29 is 4.42 Å². The van der Waals surface area contributed by atoms with Crippen LogP contribution in [0, 0.1) is 0 Å². The van der Waals surface area contributed by atoms with Gasteiger partial charge in [0.1, 0.15) is 247 Å². The van der Waals surface area contributed by atoms with Crippen molar-refractivity contribution in [3.63, 3.8) is 0 Å². The summed E-state index contributed by atoms with van der Waals surface area (Å²) in [5, 5.41) is 0.320. The highest BCUT2D eigenvalue weighted by Gasteiger charge is 2.31. The molecule has 1 heterocycles. The highest BCUT2D eigenvalue weighted by molar-refractivity contribution is 6.77. The van der Waals surface area contributed by atoms with Crippen molar-refractivity contribution in [1.82, 2.24) is 0 Å². The Morgan fingerprint density at radius 3 is 0.595 bits per heavy atom. The van der Waals surface area contributed by atoms with E-state index in [1.807, 2.05) is 0 Å². The Morgan fingerprint density at radius 2 is 0.291 bits per heavy atom. The van der Waals surface area contributed by atoms with Gasteiger partial charge in [-0.3, -0.25) is 0 Å². The fourth-order valence-corrected chi connectivity index (χ4v) is 11.0. The van der Waals surface area contributed by atoms with Crippen molar-refractivity contribution in [2.24, 2.45) is 0 Å². The van der Waals surface area contributed by atoms with Crippen LogP contribution in [0.2, 0.25) is 0 Å². The zero-order chi connectivity index (χ0) is 58.4. The number of hydrogen-bond acceptors (Lipinski definition) is 1. The van der Waals surface area contributed by atoms with Crippen molar-refractivity contribution in [3.8, 4) is 44.5 Å². The molecule has 0 aliphatic carbocycles. The van der Waals surface area contributed by atoms with Gasteiger partial charge in [-0.15, -0.1) is 49.2 Å². The highest BCUT2D eigenvalue weighted by atomic mass is 16.3. The van der Waals surface area contributed by atoms with Gasteiger partial charge in [0.15, 0.2) is 0 Å². The third kappa shape index (κ3) is 7.52. The molecule has 288 valence electrons. The first-order valence-electron chi connectivity index (χ1n) is 23.1. The smallest absolute Gasteiger partial charge is 0.128 e. The van der Waals surface area contributed by atoms with Crippen molar-refractivity contribution in [3.05, 3.63) is 0 Å². The van der Waals surface area contributed by atoms with Crippen LogP contribution in [0.5, 0.6) is 0 Å². The molecule has 60 radical (unpaired) electrons. The van der Waals surface area contributed by atoms with Crippen LogP contribution >= 0.6 is 0 Å². The lowest BCUT2D eigenvalue weighted by Gasteiger charge is -2.33. The van der Waals surface area contributed by atoms with Crippen LogP contribution in [0.4, 0.5) is 0 Å². The van der Waals surface area contributed by atoms with E-state index in [-0.39, 0.29) is 263 Å². The summed E-state index contributed by atoms with van der Waals surface area (Å²) in [7, 11) is 203. The minimum Gasteiger partial charge on any atom is -0.457 e. The van der Waals surface area contributed by atoms with Gasteiger partial charge in [-0.1, -0.05) is 109 Å². The second-order valence-corrected chi connectivity index (χ2v) is 19.2. The van der Waals surface area contributed by atoms with Gasteiger partial charge in [-0.05, 0) is 82.3 Å². The number of benzene rings is 9. The molecule has 0 aliphatic heterocycles. The lowest BCUT2D eigenvalue weighted by molar-refractivity contribution is 0.675. The summed E-state index contributed by atoms with van der Waals surface area (Å²) in [6.07, 6.45) is 0. The molecule has 10 aromatic rings. The Balaban J connectivity index is 1.37. The molecule has 0 unspecified atom stereocenters. The second-order valence-electron chi connectivity index (χ2n) is 19.2. The molecule has 79 heavy (non-hydrogen) atoms. The van der Waals surface area contributed by atoms with Gasteiger partial charge in [-0.25, -0.2) is 0 Å². The quantitative estimate of drug-likeness (QED) is 0.127. The van der Waals surface area contributed by atoms with Crippen LogP contribution in [0.3, 0.4) is 0 Å². The predicted molar refractivity (Wildman–Crippen MR) is 370 cm³/mol. The molecule has 1 aromatic heterocycles. The molecule has 31 heteroatoms. The molecule has 0 aliphatic rings. The second kappa shape index (κ2) is 19.6. The Morgan fingerprint density at radius 1 is 0.114 bits per heavy atom. The van der Waals surface area contributed by atoms with Crippen molar-refractivity contribution in [1.29, 1.82) is 0 Å². The first-order chi connectivity index (χ1) is 36.8. The molecule has 0 N–H and O–H groups in total. The first-order valence-corrected chi connectivity index (χ1v) is 23.1. The zero-order valence-corrected chi connectivity index (χ0v) is 41.7. The molecular formula is C48B30O. The van der Waals surface area contributed by atoms with E-state index >= 15 is 0 Å². The summed E-state index contributed by atoms with van der Waals surface area (Å²) < 4.78 is 6.28. The lowest BCUT2D eigenvalue weighted by Crippen LogP contribution is -2.57. The third-order valence-corrected chi connectivity index (χ3v) is 15.3. The molecular weight excluding hydrogens is 917 g/mol. The third-order valence-electron chi connectivity index (χ3n) is 15.3. The number of fused-ring (bicyclic) bond motifs is 6. The number of rotatable bonds is 4. The van der Waals surface area contributed by atoms with Gasteiger partial charge in [0.25, 0.3) is 0 Å². The Hall–Kier alpha value is -4.49. The van der Waals surface area contributed by atoms with Crippen LogP contribution < -0.4 is 164 Å². The standard InChI is InChI=1S/C48B30O/c49-17-9(35(67)46(78)48-16(17)15-18(50)10-14(36(68)47(15)79-48)34(66)42(74)41(73)31(10)63)11-27(59)23(55)7(24(56)28(11)60)1-3-5(21(53)39(71)37(69)19(3)51)2(6-4(1)20(52)38(70)40(72)22(6)54)8-25(57)29(61)12(30(62)26(8)58)13-32(64)43(75)45(77)44(76)33(13)65. The average Bonchev–Trinajstić information content (AvgIpc) is 4.01. The van der Waals surface area contributed by atoms with Crippen LogP contribution in [0.15, 0.2) is 4.42 Å². The number of furan rings is 1. The highest BCUT2D eigenvalue weighted by Crippen LogP contribution is 2.39. The summed E-state index contributed by atoms with van der Waals surface area (Å²) in [6, 6.07) is 0. The van der Waals surface area contributed by atoms with Crippen LogP contribution in [0.25, 0.3) is 98.8 Å². The fourth-order valence-electron chi connectivity index (χ4n) is 11.0. The van der Waals surface area contributed by atoms with E-state index in [2.05, 4.69) is 0 Å². The van der Waals surface area contributed by atoms with E-state index in [1.54, 1.807) is 0 Å². The molecule has 0 spiro atoms. The molecule has 0 atom stereocenters. The number of hydrogen-bond donors (Lipinski definition) is 0. The van der Waals surface area contributed by atoms with Crippen molar-refractivity contribution >= 4 is 454 Å². The normalized spacial score (nSPS) is 11.8.